The number of likely N-dealkylation sites (tertiary alicyclic amines) is 1. The second-order valence-electron chi connectivity index (χ2n) is 4.72. The Bertz CT molecular complexity index is 552. The molecule has 1 atom stereocenters. The van der Waals surface area contributed by atoms with Gasteiger partial charge in [0.25, 0.3) is 0 Å². The van der Waals surface area contributed by atoms with Crippen molar-refractivity contribution in [1.29, 1.82) is 0 Å². The summed E-state index contributed by atoms with van der Waals surface area (Å²) in [6, 6.07) is 5.53. The minimum absolute atomic E-state index is 0.338. The van der Waals surface area contributed by atoms with E-state index < -0.39 is 0 Å². The lowest BCUT2D eigenvalue weighted by Gasteiger charge is -2.12. The predicted molar refractivity (Wildman–Crippen MR) is 69.1 cm³/mol. The topological polar surface area (TPSA) is 64.5 Å². The van der Waals surface area contributed by atoms with E-state index in [0.717, 1.165) is 43.0 Å². The summed E-state index contributed by atoms with van der Waals surface area (Å²) in [5.74, 6) is 0.743. The molecular weight excluding hydrogens is 230 g/mol. The highest BCUT2D eigenvalue weighted by atomic mass is 16.5. The number of methoxy groups -OCH3 is 1. The van der Waals surface area contributed by atoms with Crippen LogP contribution in [0.5, 0.6) is 0 Å². The average Bonchev–Trinajstić information content (AvgIpc) is 2.95. The van der Waals surface area contributed by atoms with Gasteiger partial charge in [-0.1, -0.05) is 0 Å². The van der Waals surface area contributed by atoms with Crippen LogP contribution in [0.15, 0.2) is 22.6 Å². The lowest BCUT2D eigenvalue weighted by atomic mass is 10.3. The van der Waals surface area contributed by atoms with Crippen LogP contribution in [0.25, 0.3) is 11.1 Å². The maximum Gasteiger partial charge on any atom is 0.209 e. The van der Waals surface area contributed by atoms with Gasteiger partial charge in [-0.05, 0) is 24.6 Å². The lowest BCUT2D eigenvalue weighted by molar-refractivity contribution is 0.106. The van der Waals surface area contributed by atoms with Crippen molar-refractivity contribution in [3.8, 4) is 0 Å². The first-order chi connectivity index (χ1) is 8.74. The molecule has 2 heterocycles. The van der Waals surface area contributed by atoms with Crippen molar-refractivity contribution in [1.82, 2.24) is 9.88 Å². The van der Waals surface area contributed by atoms with E-state index in [2.05, 4.69) is 9.88 Å². The van der Waals surface area contributed by atoms with E-state index in [-0.39, 0.29) is 0 Å². The third-order valence-corrected chi connectivity index (χ3v) is 3.38. The van der Waals surface area contributed by atoms with Gasteiger partial charge in [0.2, 0.25) is 5.89 Å². The molecule has 1 aliphatic heterocycles. The summed E-state index contributed by atoms with van der Waals surface area (Å²) in [5.41, 5.74) is 8.06. The molecule has 2 aromatic rings. The Hall–Kier alpha value is -1.59. The number of nitrogen functional groups attached to an aromatic ring is 1. The molecule has 1 fully saturated rings. The van der Waals surface area contributed by atoms with Gasteiger partial charge in [0.05, 0.1) is 12.6 Å². The zero-order valence-electron chi connectivity index (χ0n) is 10.4. The zero-order valence-corrected chi connectivity index (χ0v) is 10.4. The minimum Gasteiger partial charge on any atom is -0.439 e. The van der Waals surface area contributed by atoms with Crippen LogP contribution in [0.3, 0.4) is 0 Å². The molecule has 0 amide bonds. The summed E-state index contributed by atoms with van der Waals surface area (Å²) in [7, 11) is 1.76. The van der Waals surface area contributed by atoms with Gasteiger partial charge in [-0.3, -0.25) is 4.90 Å². The summed E-state index contributed by atoms with van der Waals surface area (Å²) in [4.78, 5) is 6.75. The third kappa shape index (κ3) is 2.19. The number of fused-ring (bicyclic) bond motifs is 1. The van der Waals surface area contributed by atoms with Crippen molar-refractivity contribution in [3.63, 3.8) is 0 Å². The Morgan fingerprint density at radius 1 is 1.56 bits per heavy atom. The first-order valence-corrected chi connectivity index (χ1v) is 6.14. The lowest BCUT2D eigenvalue weighted by Crippen LogP contribution is -2.22. The van der Waals surface area contributed by atoms with Crippen molar-refractivity contribution in [2.75, 3.05) is 25.9 Å². The van der Waals surface area contributed by atoms with Gasteiger partial charge in [0, 0.05) is 25.9 Å². The molecule has 1 aromatic heterocycles. The molecule has 0 spiro atoms. The van der Waals surface area contributed by atoms with Crippen molar-refractivity contribution < 1.29 is 9.15 Å². The van der Waals surface area contributed by atoms with Crippen molar-refractivity contribution in [2.24, 2.45) is 0 Å². The van der Waals surface area contributed by atoms with Crippen LogP contribution >= 0.6 is 0 Å². The quantitative estimate of drug-likeness (QED) is 0.835. The van der Waals surface area contributed by atoms with Gasteiger partial charge in [0.15, 0.2) is 5.58 Å². The normalized spacial score (nSPS) is 20.8. The van der Waals surface area contributed by atoms with Gasteiger partial charge in [-0.25, -0.2) is 4.98 Å². The fraction of sp³-hybridized carbons (Fsp3) is 0.462. The van der Waals surface area contributed by atoms with E-state index in [1.165, 1.54) is 0 Å². The number of nitrogens with zero attached hydrogens (tertiary/aromatic N) is 2. The zero-order chi connectivity index (χ0) is 12.5. The summed E-state index contributed by atoms with van der Waals surface area (Å²) in [6.45, 7) is 2.70. The van der Waals surface area contributed by atoms with Crippen LogP contribution < -0.4 is 5.73 Å². The van der Waals surface area contributed by atoms with E-state index in [0.29, 0.717) is 11.8 Å². The standard InChI is InChI=1S/C13H17N3O2/c1-17-10-4-5-16(7-10)8-13-15-11-6-9(14)2-3-12(11)18-13/h2-3,6,10H,4-5,7-8,14H2,1H3. The Balaban J connectivity index is 1.75. The maximum atomic E-state index is 5.72. The maximum absolute atomic E-state index is 5.72. The van der Waals surface area contributed by atoms with Crippen LogP contribution in [0.2, 0.25) is 0 Å². The molecule has 1 unspecified atom stereocenters. The van der Waals surface area contributed by atoms with Crippen LogP contribution in [0, 0.1) is 0 Å². The molecule has 1 aromatic carbocycles. The molecule has 3 rings (SSSR count). The molecule has 5 nitrogen and oxygen atoms in total. The summed E-state index contributed by atoms with van der Waals surface area (Å²) in [5, 5.41) is 0. The van der Waals surface area contributed by atoms with Crippen molar-refractivity contribution in [2.45, 2.75) is 19.1 Å². The summed E-state index contributed by atoms with van der Waals surface area (Å²) >= 11 is 0. The molecule has 0 saturated carbocycles. The minimum atomic E-state index is 0.338. The Morgan fingerprint density at radius 2 is 2.44 bits per heavy atom. The monoisotopic (exact) mass is 247 g/mol. The van der Waals surface area contributed by atoms with E-state index in [1.807, 2.05) is 18.2 Å². The van der Waals surface area contributed by atoms with Gasteiger partial charge in [0.1, 0.15) is 5.52 Å². The number of aromatic nitrogens is 1. The number of ether oxygens (including phenoxy) is 1. The van der Waals surface area contributed by atoms with Gasteiger partial charge in [-0.2, -0.15) is 0 Å². The second-order valence-corrected chi connectivity index (χ2v) is 4.72. The number of hydrogen-bond donors (Lipinski definition) is 1. The Labute approximate surface area is 106 Å². The van der Waals surface area contributed by atoms with Crippen molar-refractivity contribution in [3.05, 3.63) is 24.1 Å². The molecule has 0 bridgehead atoms. The molecular formula is C13H17N3O2. The molecule has 18 heavy (non-hydrogen) atoms. The largest absolute Gasteiger partial charge is 0.439 e. The second kappa shape index (κ2) is 4.59. The highest BCUT2D eigenvalue weighted by Crippen LogP contribution is 2.21. The van der Waals surface area contributed by atoms with Crippen LogP contribution in [0.1, 0.15) is 12.3 Å². The average molecular weight is 247 g/mol. The number of anilines is 1. The molecule has 0 aliphatic carbocycles. The molecule has 1 saturated heterocycles. The number of hydrogen-bond acceptors (Lipinski definition) is 5. The number of nitrogens with two attached hydrogens (primary N) is 1. The van der Waals surface area contributed by atoms with E-state index >= 15 is 0 Å². The van der Waals surface area contributed by atoms with Gasteiger partial charge < -0.3 is 14.9 Å². The Morgan fingerprint density at radius 3 is 3.22 bits per heavy atom. The van der Waals surface area contributed by atoms with E-state index in [1.54, 1.807) is 7.11 Å². The Kier molecular flexibility index (Phi) is 2.93. The number of benzene rings is 1. The fourth-order valence-corrected chi connectivity index (χ4v) is 2.38. The first-order valence-electron chi connectivity index (χ1n) is 6.14. The SMILES string of the molecule is COC1CCN(Cc2nc3cc(N)ccc3o2)C1. The molecule has 2 N–H and O–H groups in total. The molecule has 0 radical (unpaired) electrons. The fourth-order valence-electron chi connectivity index (χ4n) is 2.38. The summed E-state index contributed by atoms with van der Waals surface area (Å²) in [6.07, 6.45) is 1.41. The molecule has 96 valence electrons. The van der Waals surface area contributed by atoms with Crippen molar-refractivity contribution >= 4 is 16.8 Å². The smallest absolute Gasteiger partial charge is 0.209 e. The number of rotatable bonds is 3. The summed E-state index contributed by atoms with van der Waals surface area (Å²) < 4.78 is 11.0. The molecule has 5 heteroatoms. The van der Waals surface area contributed by atoms with Gasteiger partial charge >= 0.3 is 0 Å². The van der Waals surface area contributed by atoms with Gasteiger partial charge in [-0.15, -0.1) is 0 Å². The predicted octanol–water partition coefficient (Wildman–Crippen LogP) is 1.63. The van der Waals surface area contributed by atoms with Crippen LogP contribution in [-0.2, 0) is 11.3 Å². The van der Waals surface area contributed by atoms with E-state index in [4.69, 9.17) is 14.9 Å². The number of oxazole rings is 1. The highest BCUT2D eigenvalue weighted by Gasteiger charge is 2.23. The van der Waals surface area contributed by atoms with Crippen LogP contribution in [0.4, 0.5) is 5.69 Å². The van der Waals surface area contributed by atoms with Crippen LogP contribution in [-0.4, -0.2) is 36.2 Å². The first kappa shape index (κ1) is 11.5. The van der Waals surface area contributed by atoms with E-state index in [9.17, 15) is 0 Å². The highest BCUT2D eigenvalue weighted by molar-refractivity contribution is 5.76. The third-order valence-electron chi connectivity index (χ3n) is 3.38. The molecule has 1 aliphatic rings.